The van der Waals surface area contributed by atoms with Crippen molar-refractivity contribution in [3.05, 3.63) is 60.6 Å². The van der Waals surface area contributed by atoms with Crippen LogP contribution in [0.5, 0.6) is 5.75 Å². The van der Waals surface area contributed by atoms with Crippen LogP contribution >= 0.6 is 0 Å². The highest BCUT2D eigenvalue weighted by Gasteiger charge is 2.21. The average molecular weight is 321 g/mol. The molecule has 0 bridgehead atoms. The van der Waals surface area contributed by atoms with Crippen LogP contribution in [0.2, 0.25) is 0 Å². The number of hydrogen-bond acceptors (Lipinski definition) is 3. The number of benzene rings is 1. The maximum absolute atomic E-state index is 6.33. The van der Waals surface area contributed by atoms with E-state index in [0.717, 1.165) is 38.2 Å². The first kappa shape index (κ1) is 15.2. The van der Waals surface area contributed by atoms with Gasteiger partial charge in [-0.15, -0.1) is 0 Å². The Morgan fingerprint density at radius 2 is 2.00 bits per heavy atom. The van der Waals surface area contributed by atoms with E-state index >= 15 is 0 Å². The van der Waals surface area contributed by atoms with Crippen molar-refractivity contribution in [2.75, 3.05) is 13.1 Å². The van der Waals surface area contributed by atoms with E-state index < -0.39 is 0 Å². The molecule has 0 spiro atoms. The van der Waals surface area contributed by atoms with Crippen LogP contribution in [0.25, 0.3) is 10.9 Å². The van der Waals surface area contributed by atoms with Crippen molar-refractivity contribution >= 4 is 10.9 Å². The molecule has 0 amide bonds. The van der Waals surface area contributed by atoms with Crippen molar-refractivity contribution in [2.24, 2.45) is 7.05 Å². The highest BCUT2D eigenvalue weighted by molar-refractivity contribution is 5.86. The van der Waals surface area contributed by atoms with Crippen LogP contribution < -0.4 is 4.74 Å². The quantitative estimate of drug-likeness (QED) is 0.735. The molecule has 1 aliphatic rings. The molecule has 1 aromatic carbocycles. The predicted molar refractivity (Wildman–Crippen MR) is 96.1 cm³/mol. The second kappa shape index (κ2) is 6.65. The van der Waals surface area contributed by atoms with E-state index in [9.17, 15) is 0 Å². The summed E-state index contributed by atoms with van der Waals surface area (Å²) in [6, 6.07) is 12.6. The normalized spacial score (nSPS) is 16.5. The fourth-order valence-corrected chi connectivity index (χ4v) is 3.49. The van der Waals surface area contributed by atoms with Crippen LogP contribution in [0.4, 0.5) is 0 Å². The molecule has 4 rings (SSSR count). The summed E-state index contributed by atoms with van der Waals surface area (Å²) < 4.78 is 8.47. The Morgan fingerprint density at radius 1 is 1.12 bits per heavy atom. The van der Waals surface area contributed by atoms with Gasteiger partial charge in [0.1, 0.15) is 11.9 Å². The molecular weight excluding hydrogens is 298 g/mol. The molecule has 3 heterocycles. The zero-order valence-corrected chi connectivity index (χ0v) is 14.1. The Labute approximate surface area is 142 Å². The van der Waals surface area contributed by atoms with E-state index in [1.165, 1.54) is 16.5 Å². The fraction of sp³-hybridized carbons (Fsp3) is 0.350. The van der Waals surface area contributed by atoms with Gasteiger partial charge in [-0.3, -0.25) is 9.88 Å². The summed E-state index contributed by atoms with van der Waals surface area (Å²) in [6.45, 7) is 3.13. The second-order valence-electron chi connectivity index (χ2n) is 6.57. The number of ether oxygens (including phenoxy) is 1. The number of aryl methyl sites for hydroxylation is 1. The van der Waals surface area contributed by atoms with Crippen LogP contribution in [-0.2, 0) is 13.6 Å². The summed E-state index contributed by atoms with van der Waals surface area (Å²) in [5, 5.41) is 1.21. The molecule has 3 aromatic rings. The molecule has 2 aromatic heterocycles. The lowest BCUT2D eigenvalue weighted by Gasteiger charge is -2.32. The van der Waals surface area contributed by atoms with Crippen LogP contribution in [0, 0.1) is 0 Å². The van der Waals surface area contributed by atoms with Crippen molar-refractivity contribution in [3.8, 4) is 5.75 Å². The number of fused-ring (bicyclic) bond motifs is 1. The van der Waals surface area contributed by atoms with Gasteiger partial charge in [0.05, 0.1) is 5.52 Å². The molecule has 1 fully saturated rings. The van der Waals surface area contributed by atoms with E-state index in [4.69, 9.17) is 4.74 Å². The van der Waals surface area contributed by atoms with Gasteiger partial charge in [0.15, 0.2) is 0 Å². The summed E-state index contributed by atoms with van der Waals surface area (Å²) in [4.78, 5) is 6.68. The largest absolute Gasteiger partial charge is 0.490 e. The number of nitrogens with zero attached hydrogens (tertiary/aromatic N) is 3. The number of hydrogen-bond donors (Lipinski definition) is 0. The Hall–Kier alpha value is -2.33. The van der Waals surface area contributed by atoms with Gasteiger partial charge in [0, 0.05) is 50.7 Å². The number of rotatable bonds is 4. The summed E-state index contributed by atoms with van der Waals surface area (Å²) in [7, 11) is 2.07. The van der Waals surface area contributed by atoms with Crippen LogP contribution in [0.3, 0.4) is 0 Å². The Balaban J connectivity index is 1.37. The van der Waals surface area contributed by atoms with Crippen molar-refractivity contribution < 1.29 is 4.74 Å². The highest BCUT2D eigenvalue weighted by atomic mass is 16.5. The van der Waals surface area contributed by atoms with Crippen molar-refractivity contribution in [1.82, 2.24) is 14.5 Å². The molecule has 4 heteroatoms. The fourth-order valence-electron chi connectivity index (χ4n) is 3.49. The van der Waals surface area contributed by atoms with Gasteiger partial charge in [0.25, 0.3) is 0 Å². The van der Waals surface area contributed by atoms with E-state index in [-0.39, 0.29) is 0 Å². The Morgan fingerprint density at radius 3 is 2.79 bits per heavy atom. The molecule has 0 aliphatic carbocycles. The van der Waals surface area contributed by atoms with Gasteiger partial charge in [-0.1, -0.05) is 12.1 Å². The molecule has 1 aliphatic heterocycles. The minimum Gasteiger partial charge on any atom is -0.490 e. The maximum Gasteiger partial charge on any atom is 0.129 e. The van der Waals surface area contributed by atoms with Gasteiger partial charge in [-0.25, -0.2) is 0 Å². The molecule has 4 nitrogen and oxygen atoms in total. The maximum atomic E-state index is 6.33. The highest BCUT2D eigenvalue weighted by Crippen LogP contribution is 2.28. The molecule has 0 unspecified atom stereocenters. The summed E-state index contributed by atoms with van der Waals surface area (Å²) in [5.74, 6) is 1.01. The molecule has 124 valence electrons. The summed E-state index contributed by atoms with van der Waals surface area (Å²) >= 11 is 0. The zero-order valence-electron chi connectivity index (χ0n) is 14.1. The molecule has 1 saturated heterocycles. The number of aromatic nitrogens is 2. The van der Waals surface area contributed by atoms with Gasteiger partial charge in [0.2, 0.25) is 0 Å². The van der Waals surface area contributed by atoms with Crippen LogP contribution in [0.15, 0.2) is 55.0 Å². The summed E-state index contributed by atoms with van der Waals surface area (Å²) in [5.41, 5.74) is 2.51. The van der Waals surface area contributed by atoms with Crippen LogP contribution in [0.1, 0.15) is 18.4 Å². The van der Waals surface area contributed by atoms with Crippen molar-refractivity contribution in [2.45, 2.75) is 25.5 Å². The third kappa shape index (κ3) is 3.15. The topological polar surface area (TPSA) is 30.3 Å². The van der Waals surface area contributed by atoms with E-state index in [0.29, 0.717) is 6.10 Å². The van der Waals surface area contributed by atoms with Gasteiger partial charge in [-0.05, 0) is 42.7 Å². The SMILES string of the molecule is Cn1ccc2c(OC3CCN(Cc4cccnc4)CC3)cccc21. The third-order valence-electron chi connectivity index (χ3n) is 4.85. The van der Waals surface area contributed by atoms with Gasteiger partial charge in [-0.2, -0.15) is 0 Å². The van der Waals surface area contributed by atoms with E-state index in [2.05, 4.69) is 58.0 Å². The molecule has 0 radical (unpaired) electrons. The third-order valence-corrected chi connectivity index (χ3v) is 4.85. The number of pyridine rings is 1. The second-order valence-corrected chi connectivity index (χ2v) is 6.57. The zero-order chi connectivity index (χ0) is 16.4. The Kier molecular flexibility index (Phi) is 4.22. The molecule has 0 saturated carbocycles. The average Bonchev–Trinajstić information content (AvgIpc) is 3.00. The molecular formula is C20H23N3O. The van der Waals surface area contributed by atoms with E-state index in [1.807, 2.05) is 18.5 Å². The number of piperidine rings is 1. The molecule has 24 heavy (non-hydrogen) atoms. The lowest BCUT2D eigenvalue weighted by molar-refractivity contribution is 0.0979. The van der Waals surface area contributed by atoms with Crippen LogP contribution in [-0.4, -0.2) is 33.6 Å². The monoisotopic (exact) mass is 321 g/mol. The lowest BCUT2D eigenvalue weighted by atomic mass is 10.1. The summed E-state index contributed by atoms with van der Waals surface area (Å²) in [6.07, 6.45) is 8.33. The first-order valence-electron chi connectivity index (χ1n) is 8.61. The molecule has 0 atom stereocenters. The van der Waals surface area contributed by atoms with Gasteiger partial charge < -0.3 is 9.30 Å². The van der Waals surface area contributed by atoms with E-state index in [1.54, 1.807) is 0 Å². The minimum atomic E-state index is 0.306. The predicted octanol–water partition coefficient (Wildman–Crippen LogP) is 3.62. The molecule has 0 N–H and O–H groups in total. The first-order chi connectivity index (χ1) is 11.8. The standard InChI is InChI=1S/C20H23N3O/c1-22-11-9-18-19(22)5-2-6-20(18)24-17-7-12-23(13-8-17)15-16-4-3-10-21-14-16/h2-6,9-11,14,17H,7-8,12-13,15H2,1H3. The number of likely N-dealkylation sites (tertiary alicyclic amines) is 1. The van der Waals surface area contributed by atoms with Crippen molar-refractivity contribution in [1.29, 1.82) is 0 Å². The van der Waals surface area contributed by atoms with Crippen molar-refractivity contribution in [3.63, 3.8) is 0 Å². The lowest BCUT2D eigenvalue weighted by Crippen LogP contribution is -2.37. The van der Waals surface area contributed by atoms with Gasteiger partial charge >= 0.3 is 0 Å². The smallest absolute Gasteiger partial charge is 0.129 e. The minimum absolute atomic E-state index is 0.306. The Bertz CT molecular complexity index is 804. The first-order valence-corrected chi connectivity index (χ1v) is 8.61.